The van der Waals surface area contributed by atoms with Crippen molar-refractivity contribution in [2.75, 3.05) is 18.4 Å². The Balaban J connectivity index is 1.32. The monoisotopic (exact) mass is 468 g/mol. The molecule has 0 aromatic heterocycles. The van der Waals surface area contributed by atoms with E-state index in [0.717, 1.165) is 18.2 Å². The number of nitrogens with zero attached hydrogens (tertiary/aromatic N) is 2. The van der Waals surface area contributed by atoms with Crippen molar-refractivity contribution in [1.29, 1.82) is 0 Å². The van der Waals surface area contributed by atoms with Crippen LogP contribution in [-0.4, -0.2) is 53.0 Å². The van der Waals surface area contributed by atoms with Crippen molar-refractivity contribution in [2.45, 2.75) is 37.4 Å². The van der Waals surface area contributed by atoms with Gasteiger partial charge >= 0.3 is 6.03 Å². The summed E-state index contributed by atoms with van der Waals surface area (Å²) in [6, 6.07) is 2.32. The smallest absolute Gasteiger partial charge is 0.322 e. The molecular weight excluding hydrogens is 447 g/mol. The normalized spacial score (nSPS) is 20.3. The van der Waals surface area contributed by atoms with Crippen molar-refractivity contribution in [3.05, 3.63) is 65.0 Å². The second-order valence-electron chi connectivity index (χ2n) is 8.29. The molecule has 2 fully saturated rings. The first-order valence-corrected chi connectivity index (χ1v) is 10.3. The lowest BCUT2D eigenvalue weighted by Gasteiger charge is -2.34. The summed E-state index contributed by atoms with van der Waals surface area (Å²) < 4.78 is 67.9. The molecule has 33 heavy (non-hydrogen) atoms. The van der Waals surface area contributed by atoms with Crippen LogP contribution < -0.4 is 11.1 Å². The van der Waals surface area contributed by atoms with Crippen LogP contribution in [0.2, 0.25) is 0 Å². The lowest BCUT2D eigenvalue weighted by Crippen LogP contribution is -2.52. The highest BCUT2D eigenvalue weighted by atomic mass is 19.2. The van der Waals surface area contributed by atoms with Crippen molar-refractivity contribution in [2.24, 2.45) is 5.73 Å². The van der Waals surface area contributed by atoms with Crippen LogP contribution in [0.4, 0.5) is 32.4 Å². The predicted molar refractivity (Wildman–Crippen MR) is 109 cm³/mol. The molecule has 4 rings (SSSR count). The number of halogens is 5. The molecule has 3 N–H and O–H groups in total. The average molecular weight is 468 g/mol. The van der Waals surface area contributed by atoms with Crippen molar-refractivity contribution in [1.82, 2.24) is 9.80 Å². The highest BCUT2D eigenvalue weighted by Crippen LogP contribution is 2.32. The molecule has 2 saturated heterocycles. The van der Waals surface area contributed by atoms with E-state index in [1.54, 1.807) is 4.90 Å². The first kappa shape index (κ1) is 23.0. The molecule has 0 spiro atoms. The van der Waals surface area contributed by atoms with Gasteiger partial charge in [0.1, 0.15) is 23.1 Å². The standard InChI is InChI=1S/C22H21F5N4O2/c23-15-2-1-3-16(24)21(15)29-22(33)31-10-13-7-14(31)9-30(13)20(32)6-12(28)4-11-5-18(26)19(27)8-17(11)25/h1-3,5,8,12-14H,4,6-7,9-10,28H2,(H,29,33)/t12-,13+,14-/m1/s1. The number of rotatable bonds is 5. The van der Waals surface area contributed by atoms with Crippen LogP contribution in [0.15, 0.2) is 30.3 Å². The average Bonchev–Trinajstić information content (AvgIpc) is 3.36. The zero-order chi connectivity index (χ0) is 23.9. The van der Waals surface area contributed by atoms with Crippen LogP contribution in [0.1, 0.15) is 18.4 Å². The maximum absolute atomic E-state index is 13.8. The van der Waals surface area contributed by atoms with Gasteiger partial charge < -0.3 is 20.9 Å². The van der Waals surface area contributed by atoms with Crippen molar-refractivity contribution < 1.29 is 31.5 Å². The van der Waals surface area contributed by atoms with E-state index < -0.39 is 46.8 Å². The van der Waals surface area contributed by atoms with Crippen molar-refractivity contribution >= 4 is 17.6 Å². The summed E-state index contributed by atoms with van der Waals surface area (Å²) in [6.45, 7) is 0.411. The van der Waals surface area contributed by atoms with E-state index in [0.29, 0.717) is 12.5 Å². The molecular formula is C22H21F5N4O2. The lowest BCUT2D eigenvalue weighted by atomic mass is 10.0. The molecule has 11 heteroatoms. The Kier molecular flexibility index (Phi) is 6.24. The van der Waals surface area contributed by atoms with Crippen LogP contribution >= 0.6 is 0 Å². The largest absolute Gasteiger partial charge is 0.336 e. The summed E-state index contributed by atoms with van der Waals surface area (Å²) >= 11 is 0. The van der Waals surface area contributed by atoms with Crippen LogP contribution in [0.5, 0.6) is 0 Å². The first-order chi connectivity index (χ1) is 15.6. The number of hydrogen-bond donors (Lipinski definition) is 2. The third kappa shape index (κ3) is 4.63. The molecule has 3 atom stereocenters. The summed E-state index contributed by atoms with van der Waals surface area (Å²) in [6.07, 6.45) is 0.208. The molecule has 2 aliphatic heterocycles. The first-order valence-electron chi connectivity index (χ1n) is 10.3. The number of hydrogen-bond acceptors (Lipinski definition) is 3. The maximum Gasteiger partial charge on any atom is 0.322 e. The van der Waals surface area contributed by atoms with Gasteiger partial charge in [-0.2, -0.15) is 0 Å². The van der Waals surface area contributed by atoms with Gasteiger partial charge in [0.2, 0.25) is 5.91 Å². The number of nitrogens with one attached hydrogen (secondary N) is 1. The zero-order valence-electron chi connectivity index (χ0n) is 17.3. The Morgan fingerprint density at radius 3 is 2.18 bits per heavy atom. The summed E-state index contributed by atoms with van der Waals surface area (Å²) in [7, 11) is 0. The summed E-state index contributed by atoms with van der Waals surface area (Å²) in [5.74, 6) is -5.54. The summed E-state index contributed by atoms with van der Waals surface area (Å²) in [5, 5.41) is 2.24. The molecule has 2 aliphatic rings. The van der Waals surface area contributed by atoms with Gasteiger partial charge in [-0.1, -0.05) is 6.07 Å². The number of benzene rings is 2. The van der Waals surface area contributed by atoms with Gasteiger partial charge in [0.05, 0.1) is 12.1 Å². The second-order valence-corrected chi connectivity index (χ2v) is 8.29. The Hall–Kier alpha value is -3.21. The van der Waals surface area contributed by atoms with Gasteiger partial charge in [0.25, 0.3) is 0 Å². The number of fused-ring (bicyclic) bond motifs is 2. The highest BCUT2D eigenvalue weighted by molar-refractivity contribution is 5.90. The van der Waals surface area contributed by atoms with Crippen molar-refractivity contribution in [3.63, 3.8) is 0 Å². The number of carbonyl (C=O) groups excluding carboxylic acids is 2. The number of urea groups is 1. The Bertz CT molecular complexity index is 1080. The minimum Gasteiger partial charge on any atom is -0.336 e. The number of likely N-dealkylation sites (tertiary alicyclic amines) is 2. The summed E-state index contributed by atoms with van der Waals surface area (Å²) in [5.41, 5.74) is 5.28. The minimum absolute atomic E-state index is 0.125. The van der Waals surface area contributed by atoms with Crippen LogP contribution in [0.3, 0.4) is 0 Å². The van der Waals surface area contributed by atoms with E-state index in [-0.39, 0.29) is 49.5 Å². The summed E-state index contributed by atoms with van der Waals surface area (Å²) in [4.78, 5) is 28.2. The lowest BCUT2D eigenvalue weighted by molar-refractivity contribution is -0.133. The second kappa shape index (κ2) is 8.97. The topological polar surface area (TPSA) is 78.7 Å². The molecule has 0 aliphatic carbocycles. The highest BCUT2D eigenvalue weighted by Gasteiger charge is 2.47. The Labute approximate surface area is 186 Å². The molecule has 176 valence electrons. The van der Waals surface area contributed by atoms with Gasteiger partial charge in [-0.15, -0.1) is 0 Å². The molecule has 0 radical (unpaired) electrons. The fourth-order valence-electron chi connectivity index (χ4n) is 4.43. The molecule has 2 aromatic rings. The van der Waals surface area contributed by atoms with Gasteiger partial charge in [0, 0.05) is 31.6 Å². The third-order valence-corrected chi connectivity index (χ3v) is 6.02. The van der Waals surface area contributed by atoms with E-state index >= 15 is 0 Å². The zero-order valence-corrected chi connectivity index (χ0v) is 17.3. The number of nitrogens with two attached hydrogens (primary N) is 1. The number of piperazine rings is 1. The molecule has 2 heterocycles. The van der Waals surface area contributed by atoms with E-state index in [2.05, 4.69) is 5.32 Å². The van der Waals surface area contributed by atoms with Crippen LogP contribution in [-0.2, 0) is 11.2 Å². The van der Waals surface area contributed by atoms with Crippen molar-refractivity contribution in [3.8, 4) is 0 Å². The number of para-hydroxylation sites is 1. The fourth-order valence-corrected chi connectivity index (χ4v) is 4.43. The van der Waals surface area contributed by atoms with Crippen LogP contribution in [0, 0.1) is 29.1 Å². The van der Waals surface area contributed by atoms with Gasteiger partial charge in [0.15, 0.2) is 11.6 Å². The van der Waals surface area contributed by atoms with E-state index in [9.17, 15) is 31.5 Å². The van der Waals surface area contributed by atoms with Gasteiger partial charge in [-0.3, -0.25) is 4.79 Å². The Morgan fingerprint density at radius 1 is 0.939 bits per heavy atom. The number of anilines is 1. The predicted octanol–water partition coefficient (Wildman–Crippen LogP) is 3.16. The van der Waals surface area contributed by atoms with E-state index in [1.165, 1.54) is 11.0 Å². The Morgan fingerprint density at radius 2 is 1.55 bits per heavy atom. The fraction of sp³-hybridized carbons (Fsp3) is 0.364. The van der Waals surface area contributed by atoms with E-state index in [4.69, 9.17) is 5.73 Å². The molecule has 6 nitrogen and oxygen atoms in total. The van der Waals surface area contributed by atoms with Gasteiger partial charge in [-0.05, 0) is 36.6 Å². The molecule has 0 unspecified atom stereocenters. The number of carbonyl (C=O) groups is 2. The van der Waals surface area contributed by atoms with Crippen LogP contribution in [0.25, 0.3) is 0 Å². The molecule has 2 bridgehead atoms. The third-order valence-electron chi connectivity index (χ3n) is 6.02. The number of amides is 3. The molecule has 3 amide bonds. The quantitative estimate of drug-likeness (QED) is 0.523. The maximum atomic E-state index is 13.8. The minimum atomic E-state index is -1.31. The molecule has 2 aromatic carbocycles. The molecule has 0 saturated carbocycles. The van der Waals surface area contributed by atoms with Gasteiger partial charge in [-0.25, -0.2) is 26.7 Å². The SMILES string of the molecule is N[C@@H](CC(=O)N1C[C@H]2C[C@H]1CN2C(=O)Nc1c(F)cccc1F)Cc1cc(F)c(F)cc1F. The van der Waals surface area contributed by atoms with E-state index in [1.807, 2.05) is 0 Å².